The minimum Gasteiger partial charge on any atom is -0.477 e. The van der Waals surface area contributed by atoms with Crippen LogP contribution in [0.4, 0.5) is 0 Å². The molecule has 0 atom stereocenters. The molecule has 2 aromatic rings. The van der Waals surface area contributed by atoms with E-state index in [-0.39, 0.29) is 0 Å². The van der Waals surface area contributed by atoms with Crippen molar-refractivity contribution in [1.82, 2.24) is 9.97 Å². The van der Waals surface area contributed by atoms with Crippen molar-refractivity contribution >= 4 is 27.0 Å². The second kappa shape index (κ2) is 4.14. The highest BCUT2D eigenvalue weighted by molar-refractivity contribution is 9.10. The van der Waals surface area contributed by atoms with Crippen LogP contribution in [0.1, 0.15) is 12.5 Å². The molecule has 0 aliphatic heterocycles. The van der Waals surface area contributed by atoms with Gasteiger partial charge in [-0.2, -0.15) is 0 Å². The first kappa shape index (κ1) is 10.4. The number of hydrogen-bond acceptors (Lipinski definition) is 3. The summed E-state index contributed by atoms with van der Waals surface area (Å²) in [7, 11) is 0. The second-order valence-electron chi connectivity index (χ2n) is 3.26. The van der Waals surface area contributed by atoms with Gasteiger partial charge in [0.05, 0.1) is 18.3 Å². The molecule has 2 rings (SSSR count). The van der Waals surface area contributed by atoms with Crippen molar-refractivity contribution in [2.45, 2.75) is 13.8 Å². The number of fused-ring (bicyclic) bond motifs is 1. The van der Waals surface area contributed by atoms with E-state index in [1.807, 2.05) is 26.0 Å². The van der Waals surface area contributed by atoms with Gasteiger partial charge in [0.25, 0.3) is 0 Å². The summed E-state index contributed by atoms with van der Waals surface area (Å²) in [6.07, 6.45) is 1.64. The molecule has 0 N–H and O–H groups in total. The number of aryl methyl sites for hydroxylation is 1. The van der Waals surface area contributed by atoms with Crippen LogP contribution in [-0.2, 0) is 0 Å². The van der Waals surface area contributed by atoms with E-state index in [9.17, 15) is 0 Å². The highest BCUT2D eigenvalue weighted by Crippen LogP contribution is 2.23. The van der Waals surface area contributed by atoms with E-state index in [0.29, 0.717) is 12.5 Å². The van der Waals surface area contributed by atoms with Crippen molar-refractivity contribution in [2.75, 3.05) is 6.61 Å². The quantitative estimate of drug-likeness (QED) is 0.838. The smallest absolute Gasteiger partial charge is 0.232 e. The third kappa shape index (κ3) is 2.09. The first-order chi connectivity index (χ1) is 7.20. The Bertz CT molecular complexity index is 499. The van der Waals surface area contributed by atoms with Gasteiger partial charge < -0.3 is 4.74 Å². The molecular weight excluding hydrogens is 256 g/mol. The third-order valence-corrected chi connectivity index (χ3v) is 2.62. The van der Waals surface area contributed by atoms with Crippen molar-refractivity contribution in [3.8, 4) is 5.88 Å². The van der Waals surface area contributed by atoms with Gasteiger partial charge in [0.2, 0.25) is 5.88 Å². The molecule has 1 aromatic heterocycles. The molecule has 15 heavy (non-hydrogen) atoms. The third-order valence-electron chi connectivity index (χ3n) is 2.01. The SMILES string of the molecule is CCOc1cnc2c(Br)cc(C)cc2n1. The van der Waals surface area contributed by atoms with Crippen LogP contribution in [0, 0.1) is 6.92 Å². The molecule has 0 saturated carbocycles. The molecule has 0 amide bonds. The Morgan fingerprint density at radius 3 is 2.93 bits per heavy atom. The summed E-state index contributed by atoms with van der Waals surface area (Å²) in [5, 5.41) is 0. The lowest BCUT2D eigenvalue weighted by Gasteiger charge is -2.04. The number of benzene rings is 1. The van der Waals surface area contributed by atoms with Crippen LogP contribution in [-0.4, -0.2) is 16.6 Å². The fourth-order valence-electron chi connectivity index (χ4n) is 1.41. The highest BCUT2D eigenvalue weighted by Gasteiger charge is 2.04. The van der Waals surface area contributed by atoms with Crippen LogP contribution >= 0.6 is 15.9 Å². The maximum atomic E-state index is 5.30. The fourth-order valence-corrected chi connectivity index (χ4v) is 2.08. The Balaban J connectivity index is 2.60. The Morgan fingerprint density at radius 2 is 2.20 bits per heavy atom. The molecule has 0 saturated heterocycles. The molecule has 78 valence electrons. The molecule has 4 heteroatoms. The lowest BCUT2D eigenvalue weighted by Crippen LogP contribution is -1.96. The van der Waals surface area contributed by atoms with Gasteiger partial charge in [0.15, 0.2) is 0 Å². The van der Waals surface area contributed by atoms with Gasteiger partial charge in [-0.1, -0.05) is 0 Å². The van der Waals surface area contributed by atoms with Crippen LogP contribution in [0.15, 0.2) is 22.8 Å². The van der Waals surface area contributed by atoms with Crippen LogP contribution in [0.5, 0.6) is 5.88 Å². The van der Waals surface area contributed by atoms with Gasteiger partial charge in [-0.05, 0) is 47.5 Å². The Hall–Kier alpha value is -1.16. The van der Waals surface area contributed by atoms with E-state index in [1.54, 1.807) is 6.20 Å². The molecule has 0 aliphatic rings. The van der Waals surface area contributed by atoms with Gasteiger partial charge in [-0.3, -0.25) is 0 Å². The van der Waals surface area contributed by atoms with Crippen molar-refractivity contribution in [1.29, 1.82) is 0 Å². The Morgan fingerprint density at radius 1 is 1.40 bits per heavy atom. The number of ether oxygens (including phenoxy) is 1. The summed E-state index contributed by atoms with van der Waals surface area (Å²) >= 11 is 3.47. The van der Waals surface area contributed by atoms with Gasteiger partial charge in [0, 0.05) is 4.47 Å². The van der Waals surface area contributed by atoms with E-state index in [2.05, 4.69) is 25.9 Å². The lowest BCUT2D eigenvalue weighted by atomic mass is 10.2. The van der Waals surface area contributed by atoms with Gasteiger partial charge in [0.1, 0.15) is 5.52 Å². The zero-order valence-corrected chi connectivity index (χ0v) is 10.2. The summed E-state index contributed by atoms with van der Waals surface area (Å²) in [4.78, 5) is 8.68. The molecule has 0 spiro atoms. The standard InChI is InChI=1S/C11H11BrN2O/c1-3-15-10-6-13-11-8(12)4-7(2)5-9(11)14-10/h4-6H,3H2,1-2H3. The number of aromatic nitrogens is 2. The largest absolute Gasteiger partial charge is 0.477 e. The maximum Gasteiger partial charge on any atom is 0.232 e. The number of hydrogen-bond donors (Lipinski definition) is 0. The summed E-state index contributed by atoms with van der Waals surface area (Å²) in [5.41, 5.74) is 2.87. The first-order valence-electron chi connectivity index (χ1n) is 4.76. The highest BCUT2D eigenvalue weighted by atomic mass is 79.9. The van der Waals surface area contributed by atoms with Gasteiger partial charge >= 0.3 is 0 Å². The average Bonchev–Trinajstić information content (AvgIpc) is 2.17. The molecule has 0 fully saturated rings. The van der Waals surface area contributed by atoms with Gasteiger partial charge in [-0.15, -0.1) is 0 Å². The number of nitrogens with zero attached hydrogens (tertiary/aromatic N) is 2. The molecule has 3 nitrogen and oxygen atoms in total. The van der Waals surface area contributed by atoms with E-state index in [4.69, 9.17) is 4.74 Å². The Kier molecular flexibility index (Phi) is 2.86. The molecule has 1 aromatic carbocycles. The summed E-state index contributed by atoms with van der Waals surface area (Å²) in [6.45, 7) is 4.56. The van der Waals surface area contributed by atoms with Crippen LogP contribution < -0.4 is 4.74 Å². The van der Waals surface area contributed by atoms with E-state index in [0.717, 1.165) is 21.1 Å². The molecular formula is C11H11BrN2O. The predicted octanol–water partition coefficient (Wildman–Crippen LogP) is 3.10. The number of halogens is 1. The van der Waals surface area contributed by atoms with Crippen molar-refractivity contribution in [3.63, 3.8) is 0 Å². The van der Waals surface area contributed by atoms with Crippen molar-refractivity contribution < 1.29 is 4.74 Å². The first-order valence-corrected chi connectivity index (χ1v) is 5.55. The van der Waals surface area contributed by atoms with Crippen molar-refractivity contribution in [3.05, 3.63) is 28.4 Å². The molecule has 0 bridgehead atoms. The second-order valence-corrected chi connectivity index (χ2v) is 4.11. The minimum atomic E-state index is 0.572. The molecule has 0 aliphatic carbocycles. The van der Waals surface area contributed by atoms with Crippen LogP contribution in [0.3, 0.4) is 0 Å². The van der Waals surface area contributed by atoms with Crippen LogP contribution in [0.2, 0.25) is 0 Å². The Labute approximate surface area is 96.6 Å². The summed E-state index contributed by atoms with van der Waals surface area (Å²) in [5.74, 6) is 0.572. The van der Waals surface area contributed by atoms with E-state index >= 15 is 0 Å². The maximum absolute atomic E-state index is 5.30. The normalized spacial score (nSPS) is 10.6. The number of rotatable bonds is 2. The minimum absolute atomic E-state index is 0.572. The van der Waals surface area contributed by atoms with E-state index in [1.165, 1.54) is 0 Å². The van der Waals surface area contributed by atoms with E-state index < -0.39 is 0 Å². The zero-order valence-electron chi connectivity index (χ0n) is 8.62. The van der Waals surface area contributed by atoms with Crippen LogP contribution in [0.25, 0.3) is 11.0 Å². The summed E-state index contributed by atoms with van der Waals surface area (Å²) in [6, 6.07) is 4.02. The summed E-state index contributed by atoms with van der Waals surface area (Å²) < 4.78 is 6.27. The zero-order chi connectivity index (χ0) is 10.8. The molecule has 0 radical (unpaired) electrons. The van der Waals surface area contributed by atoms with Gasteiger partial charge in [-0.25, -0.2) is 9.97 Å². The topological polar surface area (TPSA) is 35.0 Å². The monoisotopic (exact) mass is 266 g/mol. The average molecular weight is 267 g/mol. The molecule has 1 heterocycles. The lowest BCUT2D eigenvalue weighted by molar-refractivity contribution is 0.327. The fraction of sp³-hybridized carbons (Fsp3) is 0.273. The molecule has 0 unspecified atom stereocenters. The predicted molar refractivity (Wildman–Crippen MR) is 63.1 cm³/mol. The van der Waals surface area contributed by atoms with Crippen molar-refractivity contribution in [2.24, 2.45) is 0 Å².